The molecule has 0 fully saturated rings. The van der Waals surface area contributed by atoms with Crippen LogP contribution in [-0.2, 0) is 13.3 Å². The SMILES string of the molecule is CCCCCCCCCCCCCCCC(C=C[N+](C)(C)CCC)[Si](OC)(OC)OC.[Cl-]. The summed E-state index contributed by atoms with van der Waals surface area (Å²) in [5.74, 6) is 0. The molecule has 0 spiro atoms. The van der Waals surface area contributed by atoms with Crippen molar-refractivity contribution in [2.75, 3.05) is 42.0 Å². The van der Waals surface area contributed by atoms with Crippen molar-refractivity contribution in [3.05, 3.63) is 12.3 Å². The summed E-state index contributed by atoms with van der Waals surface area (Å²) in [6, 6.07) is 0. The highest BCUT2D eigenvalue weighted by molar-refractivity contribution is 6.62. The quantitative estimate of drug-likeness (QED) is 0.124. The first-order valence-electron chi connectivity index (χ1n) is 13.1. The molecule has 0 rings (SSSR count). The standard InChI is InChI=1S/C26H56NO3Si.ClH/c1-8-10-11-12-13-14-15-16-17-18-19-20-21-22-26(31(28-5,29-6)30-7)23-25-27(3,4)24-9-2;/h23,25-26H,8-22,24H2,1-7H3;1H/q+1;/p-1. The van der Waals surface area contributed by atoms with Crippen molar-refractivity contribution in [2.24, 2.45) is 0 Å². The van der Waals surface area contributed by atoms with Crippen molar-refractivity contribution >= 4 is 8.80 Å². The molecule has 0 aromatic carbocycles. The lowest BCUT2D eigenvalue weighted by Crippen LogP contribution is -3.00. The number of rotatable bonds is 22. The zero-order chi connectivity index (χ0) is 23.4. The summed E-state index contributed by atoms with van der Waals surface area (Å²) >= 11 is 0. The Morgan fingerprint density at radius 1 is 0.656 bits per heavy atom. The Kier molecular flexibility index (Phi) is 23.1. The summed E-state index contributed by atoms with van der Waals surface area (Å²) in [4.78, 5) is 0. The highest BCUT2D eigenvalue weighted by Crippen LogP contribution is 2.32. The van der Waals surface area contributed by atoms with Crippen LogP contribution in [0.5, 0.6) is 0 Å². The molecule has 1 atom stereocenters. The third-order valence-corrected chi connectivity index (χ3v) is 9.54. The summed E-state index contributed by atoms with van der Waals surface area (Å²) in [7, 11) is 7.02. The van der Waals surface area contributed by atoms with E-state index in [0.717, 1.165) is 17.4 Å². The molecule has 1 unspecified atom stereocenters. The number of quaternary nitrogens is 1. The minimum absolute atomic E-state index is 0. The zero-order valence-electron chi connectivity index (χ0n) is 22.6. The highest BCUT2D eigenvalue weighted by atomic mass is 35.5. The second kappa shape index (κ2) is 21.6. The summed E-state index contributed by atoms with van der Waals surface area (Å²) in [6.45, 7) is 5.65. The van der Waals surface area contributed by atoms with Crippen molar-refractivity contribution in [3.8, 4) is 0 Å². The van der Waals surface area contributed by atoms with Crippen LogP contribution in [0.3, 0.4) is 0 Å². The molecule has 0 aliphatic heterocycles. The molecule has 0 saturated heterocycles. The zero-order valence-corrected chi connectivity index (χ0v) is 24.4. The van der Waals surface area contributed by atoms with Gasteiger partial charge in [-0.2, -0.15) is 0 Å². The third kappa shape index (κ3) is 15.8. The molecule has 194 valence electrons. The fraction of sp³-hybridized carbons (Fsp3) is 0.923. The first kappa shape index (κ1) is 34.3. The summed E-state index contributed by atoms with van der Waals surface area (Å²) in [5.41, 5.74) is 0.217. The maximum Gasteiger partial charge on any atom is 0.507 e. The molecule has 0 amide bonds. The third-order valence-electron chi connectivity index (χ3n) is 6.45. The topological polar surface area (TPSA) is 27.7 Å². The Bertz CT molecular complexity index is 423. The minimum atomic E-state index is -2.67. The van der Waals surface area contributed by atoms with Gasteiger partial charge in [0.25, 0.3) is 0 Å². The van der Waals surface area contributed by atoms with Gasteiger partial charge in [0.05, 0.1) is 32.4 Å². The number of nitrogens with zero attached hydrogens (tertiary/aromatic N) is 1. The van der Waals surface area contributed by atoms with E-state index >= 15 is 0 Å². The van der Waals surface area contributed by atoms with Gasteiger partial charge in [0, 0.05) is 21.3 Å². The average Bonchev–Trinajstić information content (AvgIpc) is 2.76. The molecule has 32 heavy (non-hydrogen) atoms. The molecule has 0 radical (unpaired) electrons. The van der Waals surface area contributed by atoms with Crippen LogP contribution in [-0.4, -0.2) is 55.3 Å². The van der Waals surface area contributed by atoms with E-state index in [1.807, 2.05) is 0 Å². The van der Waals surface area contributed by atoms with E-state index < -0.39 is 8.80 Å². The number of halogens is 1. The molecule has 0 aromatic rings. The van der Waals surface area contributed by atoms with Crippen molar-refractivity contribution in [3.63, 3.8) is 0 Å². The molecule has 6 heteroatoms. The van der Waals surface area contributed by atoms with Gasteiger partial charge >= 0.3 is 8.80 Å². The van der Waals surface area contributed by atoms with E-state index in [0.29, 0.717) is 0 Å². The van der Waals surface area contributed by atoms with Gasteiger partial charge in [-0.25, -0.2) is 0 Å². The van der Waals surface area contributed by atoms with E-state index in [9.17, 15) is 0 Å². The molecule has 0 aromatic heterocycles. The first-order valence-corrected chi connectivity index (χ1v) is 14.9. The number of hydrogen-bond donors (Lipinski definition) is 0. The van der Waals surface area contributed by atoms with Crippen LogP contribution in [0, 0.1) is 0 Å². The van der Waals surface area contributed by atoms with Gasteiger partial charge in [-0.3, -0.25) is 0 Å². The number of unbranched alkanes of at least 4 members (excludes halogenated alkanes) is 12. The lowest BCUT2D eigenvalue weighted by Gasteiger charge is -2.32. The molecule has 4 nitrogen and oxygen atoms in total. The Balaban J connectivity index is 0. The number of hydrogen-bond acceptors (Lipinski definition) is 3. The van der Waals surface area contributed by atoms with E-state index in [-0.39, 0.29) is 17.9 Å². The van der Waals surface area contributed by atoms with E-state index in [1.54, 1.807) is 21.3 Å². The molecule has 0 bridgehead atoms. The Labute approximate surface area is 208 Å². The molecule has 0 N–H and O–H groups in total. The van der Waals surface area contributed by atoms with Crippen LogP contribution in [0.15, 0.2) is 12.3 Å². The van der Waals surface area contributed by atoms with Gasteiger partial charge in [0.2, 0.25) is 0 Å². The molecule has 0 aliphatic rings. The predicted octanol–water partition coefficient (Wildman–Crippen LogP) is 4.72. The first-order chi connectivity index (χ1) is 14.9. The van der Waals surface area contributed by atoms with Gasteiger partial charge in [-0.1, -0.05) is 97.3 Å². The second-order valence-corrected chi connectivity index (χ2v) is 12.9. The van der Waals surface area contributed by atoms with Crippen molar-refractivity contribution in [1.29, 1.82) is 0 Å². The predicted molar refractivity (Wildman–Crippen MR) is 137 cm³/mol. The summed E-state index contributed by atoms with van der Waals surface area (Å²) in [6.07, 6.45) is 24.8. The van der Waals surface area contributed by atoms with Crippen LogP contribution < -0.4 is 12.4 Å². The molecular formula is C26H56ClNO3Si. The fourth-order valence-electron chi connectivity index (χ4n) is 4.46. The molecule has 0 saturated carbocycles. The second-order valence-electron chi connectivity index (χ2n) is 9.70. The highest BCUT2D eigenvalue weighted by Gasteiger charge is 2.46. The van der Waals surface area contributed by atoms with Gasteiger partial charge in [-0.05, 0) is 18.9 Å². The monoisotopic (exact) mass is 493 g/mol. The Hall–Kier alpha value is 0.0869. The van der Waals surface area contributed by atoms with Crippen LogP contribution >= 0.6 is 0 Å². The van der Waals surface area contributed by atoms with Crippen molar-refractivity contribution in [2.45, 2.75) is 116 Å². The van der Waals surface area contributed by atoms with Crippen LogP contribution in [0.1, 0.15) is 110 Å². The fourth-order valence-corrected chi connectivity index (χ4v) is 6.75. The molecule has 0 heterocycles. The van der Waals surface area contributed by atoms with Gasteiger partial charge < -0.3 is 30.2 Å². The van der Waals surface area contributed by atoms with Gasteiger partial charge in [-0.15, -0.1) is 0 Å². The largest absolute Gasteiger partial charge is 1.00 e. The minimum Gasteiger partial charge on any atom is -1.00 e. The smallest absolute Gasteiger partial charge is 0.507 e. The molecular weight excluding hydrogens is 438 g/mol. The normalized spacial score (nSPS) is 13.5. The average molecular weight is 494 g/mol. The summed E-state index contributed by atoms with van der Waals surface area (Å²) < 4.78 is 18.4. The number of allylic oxidation sites excluding steroid dienone is 1. The van der Waals surface area contributed by atoms with Crippen LogP contribution in [0.2, 0.25) is 5.54 Å². The van der Waals surface area contributed by atoms with Crippen molar-refractivity contribution in [1.82, 2.24) is 0 Å². The van der Waals surface area contributed by atoms with E-state index in [1.165, 1.54) is 89.9 Å². The van der Waals surface area contributed by atoms with Crippen molar-refractivity contribution < 1.29 is 30.2 Å². The lowest BCUT2D eigenvalue weighted by atomic mass is 10.0. The van der Waals surface area contributed by atoms with E-state index in [2.05, 4.69) is 40.2 Å². The summed E-state index contributed by atoms with van der Waals surface area (Å²) in [5, 5.41) is 0. The van der Waals surface area contributed by atoms with Gasteiger partial charge in [0.1, 0.15) is 0 Å². The maximum absolute atomic E-state index is 5.82. The Morgan fingerprint density at radius 2 is 1.06 bits per heavy atom. The maximum atomic E-state index is 5.82. The molecule has 0 aliphatic carbocycles. The van der Waals surface area contributed by atoms with Crippen LogP contribution in [0.4, 0.5) is 0 Å². The van der Waals surface area contributed by atoms with Gasteiger partial charge in [0.15, 0.2) is 0 Å². The lowest BCUT2D eigenvalue weighted by molar-refractivity contribution is -0.839. The Morgan fingerprint density at radius 3 is 1.44 bits per heavy atom. The van der Waals surface area contributed by atoms with Crippen LogP contribution in [0.25, 0.3) is 0 Å². The van der Waals surface area contributed by atoms with E-state index in [4.69, 9.17) is 13.3 Å².